The van der Waals surface area contributed by atoms with Crippen LogP contribution in [0.2, 0.25) is 0 Å². The van der Waals surface area contributed by atoms with Crippen molar-refractivity contribution in [3.63, 3.8) is 0 Å². The average Bonchev–Trinajstić information content (AvgIpc) is 2.61. The third-order valence-corrected chi connectivity index (χ3v) is 3.62. The molecule has 4 nitrogen and oxygen atoms in total. The molecule has 0 saturated carbocycles. The fourth-order valence-corrected chi connectivity index (χ4v) is 2.33. The van der Waals surface area contributed by atoms with Gasteiger partial charge in [0.25, 0.3) is 0 Å². The first-order chi connectivity index (χ1) is 12.1. The van der Waals surface area contributed by atoms with E-state index in [0.29, 0.717) is 13.1 Å². The van der Waals surface area contributed by atoms with E-state index in [1.165, 1.54) is 17.7 Å². The van der Waals surface area contributed by atoms with Crippen LogP contribution in [0.25, 0.3) is 0 Å². The molecule has 2 rings (SSSR count). The van der Waals surface area contributed by atoms with Crippen molar-refractivity contribution in [2.75, 3.05) is 6.54 Å². The molecule has 0 aliphatic rings. The summed E-state index contributed by atoms with van der Waals surface area (Å²) < 4.78 is 28.4. The lowest BCUT2D eigenvalue weighted by Crippen LogP contribution is -2.35. The summed E-state index contributed by atoms with van der Waals surface area (Å²) in [7, 11) is 0. The van der Waals surface area contributed by atoms with E-state index in [2.05, 4.69) is 27.5 Å². The minimum atomic E-state index is -2.84. The first kappa shape index (κ1) is 18.7. The Balaban J connectivity index is 1.57. The van der Waals surface area contributed by atoms with Gasteiger partial charge in [0.05, 0.1) is 0 Å². The number of alkyl halides is 2. The molecule has 0 atom stereocenters. The van der Waals surface area contributed by atoms with Crippen molar-refractivity contribution >= 4 is 6.03 Å². The van der Waals surface area contributed by atoms with E-state index >= 15 is 0 Å². The zero-order valence-corrected chi connectivity index (χ0v) is 13.9. The van der Waals surface area contributed by atoms with E-state index in [1.807, 2.05) is 18.2 Å². The zero-order valence-electron chi connectivity index (χ0n) is 13.9. The Morgan fingerprint density at radius 3 is 2.32 bits per heavy atom. The number of unbranched alkanes of at least 4 members (excludes halogenated alkanes) is 1. The third-order valence-electron chi connectivity index (χ3n) is 3.62. The van der Waals surface area contributed by atoms with Crippen molar-refractivity contribution in [1.82, 2.24) is 10.6 Å². The standard InChI is InChI=1S/C19H22F2N2O2/c20-18(21)25-17-11-9-16(10-12-17)14-23-19(24)22-13-5-4-8-15-6-2-1-3-7-15/h1-3,6-7,9-12,18H,4-5,8,13-14H2,(H2,22,23,24). The number of halogens is 2. The van der Waals surface area contributed by atoms with Crippen molar-refractivity contribution in [3.05, 3.63) is 65.7 Å². The lowest BCUT2D eigenvalue weighted by atomic mass is 10.1. The summed E-state index contributed by atoms with van der Waals surface area (Å²) in [6.45, 7) is -1.90. The molecule has 0 aromatic heterocycles. The van der Waals surface area contributed by atoms with Gasteiger partial charge in [-0.25, -0.2) is 4.79 Å². The van der Waals surface area contributed by atoms with Gasteiger partial charge in [-0.15, -0.1) is 0 Å². The summed E-state index contributed by atoms with van der Waals surface area (Å²) in [6, 6.07) is 16.2. The maximum atomic E-state index is 12.1. The molecule has 0 saturated heterocycles. The average molecular weight is 348 g/mol. The maximum absolute atomic E-state index is 12.1. The molecule has 0 radical (unpaired) electrons. The van der Waals surface area contributed by atoms with Gasteiger partial charge >= 0.3 is 12.6 Å². The number of rotatable bonds is 9. The Morgan fingerprint density at radius 1 is 0.920 bits per heavy atom. The SMILES string of the molecule is O=C(NCCCCc1ccccc1)NCc1ccc(OC(F)F)cc1. The van der Waals surface area contributed by atoms with Crippen molar-refractivity contribution in [3.8, 4) is 5.75 Å². The van der Waals surface area contributed by atoms with Gasteiger partial charge in [-0.1, -0.05) is 42.5 Å². The molecule has 0 unspecified atom stereocenters. The molecule has 2 N–H and O–H groups in total. The lowest BCUT2D eigenvalue weighted by molar-refractivity contribution is -0.0498. The molecule has 2 aromatic carbocycles. The lowest BCUT2D eigenvalue weighted by Gasteiger charge is -2.09. The molecule has 25 heavy (non-hydrogen) atoms. The maximum Gasteiger partial charge on any atom is 0.387 e. The van der Waals surface area contributed by atoms with Gasteiger partial charge in [0, 0.05) is 13.1 Å². The van der Waals surface area contributed by atoms with Crippen LogP contribution in [-0.2, 0) is 13.0 Å². The Hall–Kier alpha value is -2.63. The van der Waals surface area contributed by atoms with Crippen molar-refractivity contribution < 1.29 is 18.3 Å². The Bertz CT molecular complexity index is 634. The van der Waals surface area contributed by atoms with Crippen LogP contribution in [-0.4, -0.2) is 19.2 Å². The number of hydrogen-bond acceptors (Lipinski definition) is 2. The number of carbonyl (C=O) groups excluding carboxylic acids is 1. The fraction of sp³-hybridized carbons (Fsp3) is 0.316. The number of urea groups is 1. The van der Waals surface area contributed by atoms with Gasteiger partial charge in [-0.2, -0.15) is 8.78 Å². The summed E-state index contributed by atoms with van der Waals surface area (Å²) in [6.07, 6.45) is 2.91. The number of carbonyl (C=O) groups is 1. The van der Waals surface area contributed by atoms with Crippen LogP contribution in [0.4, 0.5) is 13.6 Å². The van der Waals surface area contributed by atoms with Crippen LogP contribution in [0.5, 0.6) is 5.75 Å². The number of ether oxygens (including phenoxy) is 1. The third kappa shape index (κ3) is 7.65. The summed E-state index contributed by atoms with van der Waals surface area (Å²) >= 11 is 0. The van der Waals surface area contributed by atoms with E-state index in [-0.39, 0.29) is 11.8 Å². The van der Waals surface area contributed by atoms with Gasteiger partial charge in [0.1, 0.15) is 5.75 Å². The second-order valence-corrected chi connectivity index (χ2v) is 5.57. The first-order valence-corrected chi connectivity index (χ1v) is 8.23. The molecular formula is C19H22F2N2O2. The zero-order chi connectivity index (χ0) is 17.9. The molecule has 0 aliphatic heterocycles. The van der Waals surface area contributed by atoms with Gasteiger partial charge < -0.3 is 15.4 Å². The van der Waals surface area contributed by atoms with Gasteiger partial charge in [-0.3, -0.25) is 0 Å². The molecule has 0 spiro atoms. The number of benzene rings is 2. The van der Waals surface area contributed by atoms with Crippen LogP contribution in [0, 0.1) is 0 Å². The molecule has 0 heterocycles. The highest BCUT2D eigenvalue weighted by Crippen LogP contribution is 2.14. The summed E-state index contributed by atoms with van der Waals surface area (Å²) in [4.78, 5) is 11.7. The highest BCUT2D eigenvalue weighted by atomic mass is 19.3. The Morgan fingerprint density at radius 2 is 1.64 bits per heavy atom. The molecule has 134 valence electrons. The van der Waals surface area contributed by atoms with Crippen molar-refractivity contribution in [2.45, 2.75) is 32.4 Å². The molecule has 0 aliphatic carbocycles. The summed E-state index contributed by atoms with van der Waals surface area (Å²) in [5, 5.41) is 5.53. The summed E-state index contributed by atoms with van der Waals surface area (Å²) in [5.74, 6) is 0.0987. The molecule has 2 aromatic rings. The normalized spacial score (nSPS) is 10.5. The van der Waals surface area contributed by atoms with Crippen LogP contribution in [0.15, 0.2) is 54.6 Å². The Labute approximate surface area is 146 Å². The number of aryl methyl sites for hydroxylation is 1. The minimum Gasteiger partial charge on any atom is -0.435 e. The van der Waals surface area contributed by atoms with E-state index in [1.54, 1.807) is 12.1 Å². The second kappa shape index (κ2) is 10.3. The molecular weight excluding hydrogens is 326 g/mol. The van der Waals surface area contributed by atoms with E-state index in [0.717, 1.165) is 24.8 Å². The Kier molecular flexibility index (Phi) is 7.69. The molecule has 0 bridgehead atoms. The predicted molar refractivity (Wildman–Crippen MR) is 92.7 cm³/mol. The topological polar surface area (TPSA) is 50.4 Å². The molecule has 6 heteroatoms. The quantitative estimate of drug-likeness (QED) is 0.670. The number of nitrogens with one attached hydrogen (secondary N) is 2. The van der Waals surface area contributed by atoms with Gasteiger partial charge in [-0.05, 0) is 42.5 Å². The van der Waals surface area contributed by atoms with Crippen LogP contribution < -0.4 is 15.4 Å². The molecule has 2 amide bonds. The second-order valence-electron chi connectivity index (χ2n) is 5.57. The fourth-order valence-electron chi connectivity index (χ4n) is 2.33. The summed E-state index contributed by atoms with van der Waals surface area (Å²) in [5.41, 5.74) is 2.10. The first-order valence-electron chi connectivity index (χ1n) is 8.23. The van der Waals surface area contributed by atoms with Gasteiger partial charge in [0.2, 0.25) is 0 Å². The van der Waals surface area contributed by atoms with E-state index < -0.39 is 6.61 Å². The number of amides is 2. The largest absolute Gasteiger partial charge is 0.435 e. The highest BCUT2D eigenvalue weighted by molar-refractivity contribution is 5.73. The van der Waals surface area contributed by atoms with Crippen molar-refractivity contribution in [1.29, 1.82) is 0 Å². The molecule has 0 fully saturated rings. The van der Waals surface area contributed by atoms with E-state index in [9.17, 15) is 13.6 Å². The van der Waals surface area contributed by atoms with Crippen LogP contribution >= 0.6 is 0 Å². The smallest absolute Gasteiger partial charge is 0.387 e. The van der Waals surface area contributed by atoms with Crippen molar-refractivity contribution in [2.24, 2.45) is 0 Å². The van der Waals surface area contributed by atoms with Crippen LogP contribution in [0.1, 0.15) is 24.0 Å². The monoisotopic (exact) mass is 348 g/mol. The predicted octanol–water partition coefficient (Wildman–Crippen LogP) is 4.11. The minimum absolute atomic E-state index is 0.0987. The van der Waals surface area contributed by atoms with Crippen LogP contribution in [0.3, 0.4) is 0 Å². The van der Waals surface area contributed by atoms with E-state index in [4.69, 9.17) is 0 Å². The highest BCUT2D eigenvalue weighted by Gasteiger charge is 2.04. The van der Waals surface area contributed by atoms with Gasteiger partial charge in [0.15, 0.2) is 0 Å². The number of hydrogen-bond donors (Lipinski definition) is 2.